The van der Waals surface area contributed by atoms with Crippen molar-refractivity contribution in [3.8, 4) is 0 Å². The summed E-state index contributed by atoms with van der Waals surface area (Å²) in [5.41, 5.74) is 0. The molecule has 1 unspecified atom stereocenters. The highest BCUT2D eigenvalue weighted by molar-refractivity contribution is 7.09. The Morgan fingerprint density at radius 3 is 2.54 bits per heavy atom. The molecular weight excluding hydrogens is 322 g/mol. The number of nitrogens with zero attached hydrogens (tertiary/aromatic N) is 1. The van der Waals surface area contributed by atoms with Crippen molar-refractivity contribution in [3.63, 3.8) is 0 Å². The fraction of sp³-hybridized carbons (Fsp3) is 0.722. The molecule has 1 aromatic rings. The normalized spacial score (nSPS) is 22.2. The van der Waals surface area contributed by atoms with Crippen LogP contribution in [0.5, 0.6) is 0 Å². The van der Waals surface area contributed by atoms with E-state index < -0.39 is 0 Å². The Bertz CT molecular complexity index is 522. The van der Waals surface area contributed by atoms with Crippen molar-refractivity contribution >= 4 is 23.2 Å². The van der Waals surface area contributed by atoms with Gasteiger partial charge in [-0.3, -0.25) is 9.59 Å². The lowest BCUT2D eigenvalue weighted by atomic mass is 9.78. The number of hydrogen-bond acceptors (Lipinski definition) is 4. The first kappa shape index (κ1) is 18.9. The molecule has 0 saturated heterocycles. The molecule has 6 heteroatoms. The van der Waals surface area contributed by atoms with E-state index in [2.05, 4.69) is 29.5 Å². The summed E-state index contributed by atoms with van der Waals surface area (Å²) in [6.07, 6.45) is 6.68. The highest BCUT2D eigenvalue weighted by Crippen LogP contribution is 2.37. The molecular formula is C18H29N3O2S. The van der Waals surface area contributed by atoms with Gasteiger partial charge in [-0.15, -0.1) is 11.3 Å². The number of rotatable bonds is 7. The summed E-state index contributed by atoms with van der Waals surface area (Å²) in [7, 11) is 0. The van der Waals surface area contributed by atoms with E-state index in [1.165, 1.54) is 0 Å². The minimum absolute atomic E-state index is 0.0259. The van der Waals surface area contributed by atoms with Crippen LogP contribution in [0.25, 0.3) is 0 Å². The van der Waals surface area contributed by atoms with Crippen LogP contribution >= 0.6 is 11.3 Å². The Morgan fingerprint density at radius 1 is 1.29 bits per heavy atom. The zero-order valence-corrected chi connectivity index (χ0v) is 15.7. The molecule has 24 heavy (non-hydrogen) atoms. The zero-order chi connectivity index (χ0) is 17.5. The Hall–Kier alpha value is -1.43. The first-order valence-electron chi connectivity index (χ1n) is 8.89. The molecule has 1 atom stereocenters. The maximum absolute atomic E-state index is 12.3. The molecule has 1 saturated carbocycles. The quantitative estimate of drug-likeness (QED) is 0.792. The van der Waals surface area contributed by atoms with Gasteiger partial charge in [-0.2, -0.15) is 0 Å². The van der Waals surface area contributed by atoms with E-state index in [0.29, 0.717) is 24.2 Å². The lowest BCUT2D eigenvalue weighted by Gasteiger charge is -2.33. The van der Waals surface area contributed by atoms with Gasteiger partial charge in [0.15, 0.2) is 0 Å². The van der Waals surface area contributed by atoms with Gasteiger partial charge in [-0.25, -0.2) is 4.98 Å². The lowest BCUT2D eigenvalue weighted by molar-refractivity contribution is -0.123. The van der Waals surface area contributed by atoms with Crippen molar-refractivity contribution in [2.24, 2.45) is 17.8 Å². The van der Waals surface area contributed by atoms with E-state index in [-0.39, 0.29) is 17.9 Å². The van der Waals surface area contributed by atoms with Crippen molar-refractivity contribution in [2.45, 2.75) is 58.9 Å². The molecule has 0 bridgehead atoms. The topological polar surface area (TPSA) is 71.1 Å². The van der Waals surface area contributed by atoms with E-state index in [0.717, 1.165) is 37.2 Å². The molecule has 0 aliphatic heterocycles. The smallest absolute Gasteiger partial charge is 0.220 e. The number of thiazole rings is 1. The Morgan fingerprint density at radius 2 is 2.00 bits per heavy atom. The van der Waals surface area contributed by atoms with E-state index in [1.807, 2.05) is 11.6 Å². The van der Waals surface area contributed by atoms with Gasteiger partial charge >= 0.3 is 0 Å². The van der Waals surface area contributed by atoms with Crippen LogP contribution in [0.4, 0.5) is 0 Å². The molecule has 0 aromatic carbocycles. The summed E-state index contributed by atoms with van der Waals surface area (Å²) in [4.78, 5) is 27.8. The van der Waals surface area contributed by atoms with Crippen LogP contribution in [0.1, 0.15) is 63.9 Å². The first-order chi connectivity index (χ1) is 11.5. The van der Waals surface area contributed by atoms with Crippen LogP contribution < -0.4 is 10.6 Å². The second-order valence-corrected chi connectivity index (χ2v) is 8.16. The van der Waals surface area contributed by atoms with Crippen molar-refractivity contribution in [3.05, 3.63) is 16.6 Å². The second kappa shape index (κ2) is 9.16. The highest BCUT2D eigenvalue weighted by Gasteiger charge is 2.31. The molecule has 1 aromatic heterocycles. The minimum atomic E-state index is 0.0259. The summed E-state index contributed by atoms with van der Waals surface area (Å²) in [5, 5.41) is 9.13. The summed E-state index contributed by atoms with van der Waals surface area (Å²) >= 11 is 1.62. The summed E-state index contributed by atoms with van der Waals surface area (Å²) < 4.78 is 0. The average Bonchev–Trinajstić information content (AvgIpc) is 3.04. The molecule has 0 spiro atoms. The van der Waals surface area contributed by atoms with Crippen molar-refractivity contribution in [2.75, 3.05) is 6.54 Å². The zero-order valence-electron chi connectivity index (χ0n) is 14.9. The predicted molar refractivity (Wildman–Crippen MR) is 96.6 cm³/mol. The second-order valence-electron chi connectivity index (χ2n) is 7.23. The standard InChI is InChI=1S/C18H29N3O2S/c1-12(2)10-16(23)21-17(18-19-8-9-24-18)15-6-4-14(5-7-15)11-20-13(3)22/h8-9,12,14-15,17H,4-7,10-11H2,1-3H3,(H,20,22)(H,21,23). The molecule has 2 N–H and O–H groups in total. The number of carbonyl (C=O) groups is 2. The van der Waals surface area contributed by atoms with Gasteiger partial charge in [0.25, 0.3) is 0 Å². The maximum Gasteiger partial charge on any atom is 0.220 e. The third kappa shape index (κ3) is 5.89. The van der Waals surface area contributed by atoms with Crippen molar-refractivity contribution in [1.82, 2.24) is 15.6 Å². The van der Waals surface area contributed by atoms with Crippen molar-refractivity contribution in [1.29, 1.82) is 0 Å². The number of carbonyl (C=O) groups excluding carboxylic acids is 2. The highest BCUT2D eigenvalue weighted by atomic mass is 32.1. The van der Waals surface area contributed by atoms with Gasteiger partial charge < -0.3 is 10.6 Å². The molecule has 5 nitrogen and oxygen atoms in total. The number of aromatic nitrogens is 1. The Kier molecular flexibility index (Phi) is 7.21. The maximum atomic E-state index is 12.3. The SMILES string of the molecule is CC(=O)NCC1CCC(C(NC(=O)CC(C)C)c2nccs2)CC1. The van der Waals surface area contributed by atoms with E-state index >= 15 is 0 Å². The summed E-state index contributed by atoms with van der Waals surface area (Å²) in [6.45, 7) is 6.45. The van der Waals surface area contributed by atoms with Crippen LogP contribution in [-0.4, -0.2) is 23.3 Å². The molecule has 2 amide bonds. The molecule has 1 aliphatic rings. The largest absolute Gasteiger partial charge is 0.356 e. The third-order valence-corrected chi connectivity index (χ3v) is 5.49. The first-order valence-corrected chi connectivity index (χ1v) is 9.76. The molecule has 2 rings (SSSR count). The van der Waals surface area contributed by atoms with Crippen LogP contribution in [-0.2, 0) is 9.59 Å². The number of amides is 2. The van der Waals surface area contributed by atoms with Crippen LogP contribution in [0.15, 0.2) is 11.6 Å². The predicted octanol–water partition coefficient (Wildman–Crippen LogP) is 3.29. The van der Waals surface area contributed by atoms with Crippen molar-refractivity contribution < 1.29 is 9.59 Å². The van der Waals surface area contributed by atoms with E-state index in [9.17, 15) is 9.59 Å². The Balaban J connectivity index is 1.94. The Labute approximate surface area is 148 Å². The van der Waals surface area contributed by atoms with Gasteiger partial charge in [-0.1, -0.05) is 13.8 Å². The number of hydrogen-bond donors (Lipinski definition) is 2. The van der Waals surface area contributed by atoms with Gasteiger partial charge in [0.2, 0.25) is 11.8 Å². The van der Waals surface area contributed by atoms with Gasteiger partial charge in [0.1, 0.15) is 5.01 Å². The summed E-state index contributed by atoms with van der Waals surface area (Å²) in [5.74, 6) is 1.49. The fourth-order valence-corrected chi connectivity index (χ4v) is 4.17. The molecule has 1 fully saturated rings. The third-order valence-electron chi connectivity index (χ3n) is 4.63. The van der Waals surface area contributed by atoms with Crippen LogP contribution in [0.2, 0.25) is 0 Å². The summed E-state index contributed by atoms with van der Waals surface area (Å²) in [6, 6.07) is 0.0259. The lowest BCUT2D eigenvalue weighted by Crippen LogP contribution is -2.37. The van der Waals surface area contributed by atoms with Crippen LogP contribution in [0.3, 0.4) is 0 Å². The molecule has 134 valence electrons. The van der Waals surface area contributed by atoms with Gasteiger partial charge in [0.05, 0.1) is 6.04 Å². The van der Waals surface area contributed by atoms with E-state index in [1.54, 1.807) is 18.3 Å². The monoisotopic (exact) mass is 351 g/mol. The molecule has 1 heterocycles. The van der Waals surface area contributed by atoms with Gasteiger partial charge in [0, 0.05) is 31.5 Å². The van der Waals surface area contributed by atoms with E-state index in [4.69, 9.17) is 0 Å². The molecule has 1 aliphatic carbocycles. The van der Waals surface area contributed by atoms with Gasteiger partial charge in [-0.05, 0) is 43.4 Å². The number of nitrogens with one attached hydrogen (secondary N) is 2. The molecule has 0 radical (unpaired) electrons. The average molecular weight is 352 g/mol. The fourth-order valence-electron chi connectivity index (χ4n) is 3.39. The minimum Gasteiger partial charge on any atom is -0.356 e. The van der Waals surface area contributed by atoms with Crippen LogP contribution in [0, 0.1) is 17.8 Å².